The van der Waals surface area contributed by atoms with Crippen LogP contribution in [0.5, 0.6) is 0 Å². The van der Waals surface area contributed by atoms with Crippen molar-refractivity contribution < 1.29 is 149 Å². The zero-order valence-corrected chi connectivity index (χ0v) is 34.5. The summed E-state index contributed by atoms with van der Waals surface area (Å²) in [7, 11) is 0. The molecule has 30 heteroatoms. The molecule has 22 fully saturated rings. The molecule has 0 saturated carbocycles. The fourth-order valence-corrected chi connectivity index (χ4v) is 8.93. The normalized spacial score (nSPS) is 55.4. The maximum Gasteiger partial charge on any atom is 0.187 e. The third kappa shape index (κ3) is 10.0. The van der Waals surface area contributed by atoms with Gasteiger partial charge < -0.3 is 149 Å². The van der Waals surface area contributed by atoms with Crippen molar-refractivity contribution in [3.63, 3.8) is 0 Å². The third-order valence-electron chi connectivity index (χ3n) is 12.7. The molecule has 12 bridgehead atoms. The van der Waals surface area contributed by atoms with Crippen molar-refractivity contribution in [3.8, 4) is 0 Å². The number of hydrogen-bond donors (Lipinski definition) is 18. The molecule has 0 aromatic carbocycles. The van der Waals surface area contributed by atoms with Crippen LogP contribution in [0.2, 0.25) is 0 Å². The summed E-state index contributed by atoms with van der Waals surface area (Å²) in [6.45, 7) is -5.99. The largest absolute Gasteiger partial charge is 0.394 e. The molecule has 0 amide bonds. The topological polar surface area (TPSA) is 475 Å². The Hall–Kier alpha value is -1.20. The van der Waals surface area contributed by atoms with Gasteiger partial charge in [0.25, 0.3) is 0 Å². The van der Waals surface area contributed by atoms with Gasteiger partial charge in [-0.3, -0.25) is 0 Å². The Morgan fingerprint density at radius 3 is 0.409 bits per heavy atom. The predicted octanol–water partition coefficient (Wildman–Crippen LogP) is -13.1. The van der Waals surface area contributed by atoms with Gasteiger partial charge in [-0.15, -0.1) is 0 Å². The van der Waals surface area contributed by atoms with Crippen LogP contribution >= 0.6 is 0 Å². The molecule has 0 spiro atoms. The minimum atomic E-state index is -2.15. The average Bonchev–Trinajstić information content (AvgIpc) is 3.31. The molecular weight excluding hydrogens is 912 g/mol. The van der Waals surface area contributed by atoms with Crippen molar-refractivity contribution >= 4 is 0 Å². The summed E-state index contributed by atoms with van der Waals surface area (Å²) in [6.07, 6.45) is -58.5. The van der Waals surface area contributed by atoms with Crippen LogP contribution in [0.25, 0.3) is 0 Å². The molecule has 66 heavy (non-hydrogen) atoms. The predicted molar refractivity (Wildman–Crippen MR) is 196 cm³/mol. The van der Waals surface area contributed by atoms with E-state index in [1.54, 1.807) is 0 Å². The number of aliphatic hydroxyl groups excluding tert-OH is 18. The van der Waals surface area contributed by atoms with Crippen LogP contribution in [0.15, 0.2) is 0 Å². The van der Waals surface area contributed by atoms with Crippen molar-refractivity contribution in [2.75, 3.05) is 39.6 Å². The van der Waals surface area contributed by atoms with Gasteiger partial charge in [0.15, 0.2) is 37.7 Å². The fraction of sp³-hybridized carbons (Fsp3) is 1.00. The van der Waals surface area contributed by atoms with Gasteiger partial charge in [-0.25, -0.2) is 0 Å². The Labute approximate surface area is 372 Å². The lowest BCUT2D eigenvalue weighted by Crippen LogP contribution is -2.69. The standard InChI is InChI=1S/C36H60O30/c37-1-7-25-13(43)19(49)31(55-7)62-26-8(2-38)57-33(21(51)15(26)45)64-28-10(4-40)59-35(23(53)17(28)47)66-30-12(6-42)60-36(24(54)18(30)48)65-29-11(5-41)58-34(22(52)16(29)46)63-27-9(3-39)56-32(61-25)20(50)14(27)44/h7-54H,1-6H2/t7-,8-,9-,10-,11-,12-,13?,14?,15?,16?,17?,18?,19?,20?,21?,22?,23?,24?,25-,26-,27-,28-,29-,30?,31-,32-,33-,34-,35?,36-/m1/s1. The first kappa shape index (κ1) is 52.6. The third-order valence-corrected chi connectivity index (χ3v) is 12.7. The zero-order valence-electron chi connectivity index (χ0n) is 34.5. The smallest absolute Gasteiger partial charge is 0.187 e. The van der Waals surface area contributed by atoms with E-state index in [0.29, 0.717) is 0 Å². The van der Waals surface area contributed by atoms with Crippen molar-refractivity contribution in [1.82, 2.24) is 0 Å². The molecule has 0 radical (unpaired) electrons. The zero-order chi connectivity index (χ0) is 48.0. The van der Waals surface area contributed by atoms with Gasteiger partial charge >= 0.3 is 0 Å². The highest BCUT2D eigenvalue weighted by atomic mass is 16.8. The minimum absolute atomic E-state index is 0.999. The van der Waals surface area contributed by atoms with Gasteiger partial charge in [0.05, 0.1) is 39.6 Å². The van der Waals surface area contributed by atoms with E-state index in [9.17, 15) is 91.9 Å². The minimum Gasteiger partial charge on any atom is -0.394 e. The number of hydrogen-bond acceptors (Lipinski definition) is 30. The van der Waals surface area contributed by atoms with Crippen LogP contribution in [0.4, 0.5) is 0 Å². The van der Waals surface area contributed by atoms with E-state index in [1.165, 1.54) is 0 Å². The lowest BCUT2D eigenvalue weighted by Gasteiger charge is -2.50. The molecule has 22 saturated heterocycles. The van der Waals surface area contributed by atoms with Crippen molar-refractivity contribution in [2.24, 2.45) is 0 Å². The van der Waals surface area contributed by atoms with Crippen LogP contribution in [0.1, 0.15) is 0 Å². The van der Waals surface area contributed by atoms with Gasteiger partial charge in [0.1, 0.15) is 146 Å². The molecule has 30 atom stereocenters. The summed E-state index contributed by atoms with van der Waals surface area (Å²) in [5.41, 5.74) is 0. The van der Waals surface area contributed by atoms with E-state index in [-0.39, 0.29) is 0 Å². The second-order valence-corrected chi connectivity index (χ2v) is 16.8. The Morgan fingerprint density at radius 1 is 0.182 bits per heavy atom. The molecular formula is C36H60O30. The molecule has 14 unspecified atom stereocenters. The van der Waals surface area contributed by atoms with Crippen LogP contribution in [-0.2, 0) is 56.8 Å². The maximum absolute atomic E-state index is 11.2. The molecule has 22 aliphatic rings. The fourth-order valence-electron chi connectivity index (χ4n) is 8.93. The molecule has 22 aliphatic heterocycles. The molecule has 0 aromatic heterocycles. The van der Waals surface area contributed by atoms with E-state index >= 15 is 0 Å². The lowest BCUT2D eigenvalue weighted by molar-refractivity contribution is -0.404. The van der Waals surface area contributed by atoms with Gasteiger partial charge in [-0.1, -0.05) is 0 Å². The molecule has 22 heterocycles. The Balaban J connectivity index is 1.19. The van der Waals surface area contributed by atoms with Gasteiger partial charge in [-0.05, 0) is 0 Å². The van der Waals surface area contributed by atoms with Crippen molar-refractivity contribution in [2.45, 2.75) is 184 Å². The molecule has 384 valence electrons. The second-order valence-electron chi connectivity index (χ2n) is 16.8. The number of ether oxygens (including phenoxy) is 12. The van der Waals surface area contributed by atoms with Crippen molar-refractivity contribution in [3.05, 3.63) is 0 Å². The Kier molecular flexibility index (Phi) is 17.6. The van der Waals surface area contributed by atoms with Gasteiger partial charge in [0, 0.05) is 0 Å². The van der Waals surface area contributed by atoms with Gasteiger partial charge in [0.2, 0.25) is 0 Å². The first-order valence-corrected chi connectivity index (χ1v) is 21.1. The number of aliphatic hydroxyl groups is 18. The summed E-state index contributed by atoms with van der Waals surface area (Å²) in [5.74, 6) is 0. The summed E-state index contributed by atoms with van der Waals surface area (Å²) in [5, 5.41) is 196. The monoisotopic (exact) mass is 972 g/mol. The number of rotatable bonds is 6. The summed E-state index contributed by atoms with van der Waals surface area (Å²) >= 11 is 0. The highest BCUT2D eigenvalue weighted by Gasteiger charge is 2.58. The van der Waals surface area contributed by atoms with E-state index in [0.717, 1.165) is 0 Å². The van der Waals surface area contributed by atoms with E-state index in [4.69, 9.17) is 56.8 Å². The molecule has 18 N–H and O–H groups in total. The molecule has 0 aliphatic carbocycles. The van der Waals surface area contributed by atoms with Crippen LogP contribution in [0.3, 0.4) is 0 Å². The van der Waals surface area contributed by atoms with Crippen LogP contribution in [-0.4, -0.2) is 316 Å². The highest BCUT2D eigenvalue weighted by molar-refractivity contribution is 5.01. The second kappa shape index (κ2) is 22.1. The van der Waals surface area contributed by atoms with Crippen LogP contribution < -0.4 is 0 Å². The summed E-state index contributed by atoms with van der Waals surface area (Å²) in [6, 6.07) is 0. The van der Waals surface area contributed by atoms with E-state index in [2.05, 4.69) is 0 Å². The first-order chi connectivity index (χ1) is 31.4. The quantitative estimate of drug-likeness (QED) is 0.117. The Bertz CT molecular complexity index is 1230. The molecule has 22 rings (SSSR count). The van der Waals surface area contributed by atoms with Gasteiger partial charge in [-0.2, -0.15) is 0 Å². The highest BCUT2D eigenvalue weighted by Crippen LogP contribution is 2.38. The first-order valence-electron chi connectivity index (χ1n) is 21.1. The summed E-state index contributed by atoms with van der Waals surface area (Å²) < 4.78 is 67.9. The van der Waals surface area contributed by atoms with E-state index < -0.39 is 224 Å². The lowest BCUT2D eigenvalue weighted by atomic mass is 9.94. The molecule has 30 nitrogen and oxygen atoms in total. The van der Waals surface area contributed by atoms with Crippen LogP contribution in [0, 0.1) is 0 Å². The maximum atomic E-state index is 11.2. The SMILES string of the molecule is OC[C@H]1O[C@@H]2O[C@H]3C(O)C(O)[C@H](O[C@@H]3CO)O[C@H]3C(O)C(O)[C@H](O[C@@H]3CO)O[C@H]3C(O)C(O)[C@H](O[C@@H]3CO)O[C@H]3C(O)C(O)[C@H](O[C@@H]3CO)O[C@H]3C(O)C(O)C(OC1C(O)C2O)O[C@@H]3CO. The average molecular weight is 973 g/mol. The summed E-state index contributed by atoms with van der Waals surface area (Å²) in [4.78, 5) is 0. The Morgan fingerprint density at radius 2 is 0.303 bits per heavy atom. The molecule has 0 aromatic rings. The van der Waals surface area contributed by atoms with E-state index in [1.807, 2.05) is 0 Å². The van der Waals surface area contributed by atoms with Crippen molar-refractivity contribution in [1.29, 1.82) is 0 Å².